The van der Waals surface area contributed by atoms with Gasteiger partial charge in [0.1, 0.15) is 24.3 Å². The first kappa shape index (κ1) is 45.5. The number of aromatic hydroxyl groups is 1. The van der Waals surface area contributed by atoms with Gasteiger partial charge < -0.3 is 39.9 Å². The van der Waals surface area contributed by atoms with Gasteiger partial charge in [-0.15, -0.1) is 21.5 Å². The Bertz CT molecular complexity index is 2490. The number of piperidine rings is 1. The molecule has 16 nitrogen and oxygen atoms in total. The summed E-state index contributed by atoms with van der Waals surface area (Å²) in [5, 5.41) is 40.9. The average molecular weight is 919 g/mol. The number of benzene rings is 2. The number of amides is 2. The summed E-state index contributed by atoms with van der Waals surface area (Å²) in [6.07, 6.45) is 1.58. The molecule has 3 saturated heterocycles. The molecule has 5 aromatic rings. The summed E-state index contributed by atoms with van der Waals surface area (Å²) < 4.78 is 11.8. The van der Waals surface area contributed by atoms with Crippen LogP contribution in [0.5, 0.6) is 11.6 Å². The van der Waals surface area contributed by atoms with E-state index in [0.717, 1.165) is 98.4 Å². The third-order valence-corrected chi connectivity index (χ3v) is 15.0. The minimum atomic E-state index is -0.818. The molecule has 9 rings (SSSR count). The smallest absolute Gasteiger partial charge is 0.254 e. The van der Waals surface area contributed by atoms with Crippen LogP contribution in [-0.4, -0.2) is 140 Å². The van der Waals surface area contributed by atoms with Crippen molar-refractivity contribution in [3.63, 3.8) is 0 Å². The van der Waals surface area contributed by atoms with Crippen molar-refractivity contribution in [1.82, 2.24) is 40.4 Å². The monoisotopic (exact) mass is 918 g/mol. The van der Waals surface area contributed by atoms with E-state index in [2.05, 4.69) is 58.7 Å². The molecule has 1 unspecified atom stereocenters. The normalized spacial score (nSPS) is 22.4. The molecule has 2 aromatic carbocycles. The second kappa shape index (κ2) is 19.3. The molecule has 0 spiro atoms. The summed E-state index contributed by atoms with van der Waals surface area (Å²) in [7, 11) is 0. The van der Waals surface area contributed by atoms with Crippen molar-refractivity contribution in [2.75, 3.05) is 75.7 Å². The molecule has 7 heterocycles. The number of phenolic OH excluding ortho intramolecular Hbond substituents is 1. The van der Waals surface area contributed by atoms with Gasteiger partial charge in [-0.1, -0.05) is 50.2 Å². The number of carbonyl (C=O) groups excluding carboxylic acids is 2. The van der Waals surface area contributed by atoms with Crippen LogP contribution in [0.25, 0.3) is 21.7 Å². The Labute approximate surface area is 390 Å². The largest absolute Gasteiger partial charge is 0.507 e. The number of rotatable bonds is 14. The fourth-order valence-electron chi connectivity index (χ4n) is 10.3. The molecule has 350 valence electrons. The van der Waals surface area contributed by atoms with Crippen LogP contribution >= 0.6 is 11.3 Å². The minimum Gasteiger partial charge on any atom is -0.507 e. The first-order valence-electron chi connectivity index (χ1n) is 23.3. The number of aryl methyl sites for hydroxylation is 1. The number of hydrogen-bond acceptors (Lipinski definition) is 15. The first-order valence-corrected chi connectivity index (χ1v) is 24.2. The Morgan fingerprint density at radius 3 is 2.56 bits per heavy atom. The zero-order valence-corrected chi connectivity index (χ0v) is 39.3. The predicted molar refractivity (Wildman–Crippen MR) is 254 cm³/mol. The molecule has 4 aliphatic rings. The molecule has 0 bridgehead atoms. The topological polar surface area (TPSA) is 186 Å². The number of β-amino-alcohol motifs (C(OH)–C–C–N with tert-alkyl or cyclic N) is 1. The highest BCUT2D eigenvalue weighted by molar-refractivity contribution is 7.13. The molecule has 0 aliphatic carbocycles. The number of aliphatic hydroxyl groups is 1. The van der Waals surface area contributed by atoms with Crippen molar-refractivity contribution in [3.05, 3.63) is 83.2 Å². The van der Waals surface area contributed by atoms with Gasteiger partial charge in [0.25, 0.3) is 5.88 Å². The molecular weight excluding hydrogens is 857 g/mol. The van der Waals surface area contributed by atoms with Gasteiger partial charge in [-0.05, 0) is 93.0 Å². The third-order valence-electron chi connectivity index (χ3n) is 14.0. The van der Waals surface area contributed by atoms with E-state index in [4.69, 9.17) is 9.26 Å². The van der Waals surface area contributed by atoms with Gasteiger partial charge in [0, 0.05) is 63.9 Å². The number of thiazole rings is 1. The lowest BCUT2D eigenvalue weighted by Crippen LogP contribution is -2.66. The van der Waals surface area contributed by atoms with Crippen LogP contribution in [-0.2, 0) is 9.59 Å². The maximum atomic E-state index is 14.2. The van der Waals surface area contributed by atoms with Gasteiger partial charge in [0.2, 0.25) is 11.8 Å². The number of para-hydroxylation sites is 1. The van der Waals surface area contributed by atoms with E-state index < -0.39 is 18.1 Å². The third kappa shape index (κ3) is 9.62. The van der Waals surface area contributed by atoms with Crippen LogP contribution < -0.4 is 20.3 Å². The van der Waals surface area contributed by atoms with Crippen LogP contribution in [0.3, 0.4) is 0 Å². The number of hydrogen-bond donors (Lipinski definition) is 4. The fraction of sp³-hybridized carbons (Fsp3) is 0.510. The van der Waals surface area contributed by atoms with Crippen LogP contribution in [0.15, 0.2) is 70.7 Å². The number of fused-ring (bicyclic) bond motifs is 3. The predicted octanol–water partition coefficient (Wildman–Crippen LogP) is 5.95. The van der Waals surface area contributed by atoms with Crippen molar-refractivity contribution in [1.29, 1.82) is 0 Å². The highest BCUT2D eigenvalue weighted by Crippen LogP contribution is 2.40. The molecule has 2 amide bonds. The molecule has 0 saturated carbocycles. The van der Waals surface area contributed by atoms with E-state index in [0.29, 0.717) is 35.4 Å². The van der Waals surface area contributed by atoms with Gasteiger partial charge in [-0.2, -0.15) is 0 Å². The summed E-state index contributed by atoms with van der Waals surface area (Å²) in [6, 6.07) is 17.9. The van der Waals surface area contributed by atoms with Crippen LogP contribution in [0, 0.1) is 18.8 Å². The summed E-state index contributed by atoms with van der Waals surface area (Å²) in [5.41, 5.74) is 7.11. The van der Waals surface area contributed by atoms with E-state index in [1.807, 2.05) is 75.7 Å². The second-order valence-electron chi connectivity index (χ2n) is 19.2. The molecular formula is C49H62N10O6S. The number of carbonyl (C=O) groups is 2. The van der Waals surface area contributed by atoms with Crippen molar-refractivity contribution < 1.29 is 29.1 Å². The van der Waals surface area contributed by atoms with Gasteiger partial charge in [0.15, 0.2) is 11.6 Å². The Kier molecular flexibility index (Phi) is 13.3. The number of phenols is 1. The molecule has 4 aliphatic heterocycles. The van der Waals surface area contributed by atoms with Gasteiger partial charge in [-0.25, -0.2) is 4.98 Å². The molecule has 4 N–H and O–H groups in total. The maximum Gasteiger partial charge on any atom is 0.254 e. The number of piperazine rings is 1. The number of nitrogens with one attached hydrogen (secondary N) is 2. The standard InChI is InChI=1S/C49H62N10O6S/c1-30(2)44(48(63)58-26-36(60)22-40(58)47(62)52-31(3)34-10-12-35(13-11-34)45-32(4)51-29-66-45)42-24-43(55-65-42)64-21-20-56-16-14-33(15-17-56)25-57-18-19-59-39-23-38(37-8-6-7-9-41(37)61)53-54-46(39)50-27-49(59,5)28-57/h6-13,23-24,29-31,33,36,40,44,60-61H,14-22,25-28H2,1-5H3,(H,50,54)(H,52,62)/t31-,36+,40-,44+,49?/m0/s1. The highest BCUT2D eigenvalue weighted by Gasteiger charge is 2.45. The summed E-state index contributed by atoms with van der Waals surface area (Å²) in [5.74, 6) is 0.853. The lowest BCUT2D eigenvalue weighted by atomic mass is 9.90. The Morgan fingerprint density at radius 1 is 1.03 bits per heavy atom. The number of ether oxygens (including phenoxy) is 1. The lowest BCUT2D eigenvalue weighted by Gasteiger charge is -2.53. The second-order valence-corrected chi connectivity index (χ2v) is 20.0. The van der Waals surface area contributed by atoms with Crippen LogP contribution in [0.1, 0.15) is 75.9 Å². The number of aliphatic hydroxyl groups excluding tert-OH is 1. The van der Waals surface area contributed by atoms with Gasteiger partial charge in [0.05, 0.1) is 45.1 Å². The van der Waals surface area contributed by atoms with Crippen molar-refractivity contribution >= 4 is 34.7 Å². The summed E-state index contributed by atoms with van der Waals surface area (Å²) in [6.45, 7) is 18.0. The molecule has 66 heavy (non-hydrogen) atoms. The van der Waals surface area contributed by atoms with E-state index in [9.17, 15) is 19.8 Å². The maximum absolute atomic E-state index is 14.2. The zero-order valence-electron chi connectivity index (χ0n) is 38.5. The zero-order chi connectivity index (χ0) is 46.1. The molecule has 0 radical (unpaired) electrons. The number of nitrogens with zero attached hydrogens (tertiary/aromatic N) is 8. The molecule has 5 atom stereocenters. The van der Waals surface area contributed by atoms with Crippen molar-refractivity contribution in [3.8, 4) is 33.3 Å². The quantitative estimate of drug-likeness (QED) is 0.103. The Hall–Kier alpha value is -5.62. The molecule has 3 aromatic heterocycles. The SMILES string of the molecule is Cc1ncsc1-c1ccc([C@H](C)NC(=O)[C@@H]2C[C@@H](O)CN2C(=O)[C@@H](c2cc(OCCN3CCC(CN4CCN5c6cc(-c7ccccc7O)nnc6NCC5(C)C4)CC3)no2)C(C)C)cc1. The number of anilines is 2. The number of likely N-dealkylation sites (tertiary alicyclic amines) is 2. The lowest BCUT2D eigenvalue weighted by molar-refractivity contribution is -0.141. The van der Waals surface area contributed by atoms with Gasteiger partial charge in [-0.3, -0.25) is 19.4 Å². The van der Waals surface area contributed by atoms with Crippen molar-refractivity contribution in [2.24, 2.45) is 11.8 Å². The minimum absolute atomic E-state index is 0.0632. The average Bonchev–Trinajstić information content (AvgIpc) is 4.06. The summed E-state index contributed by atoms with van der Waals surface area (Å²) >= 11 is 1.59. The van der Waals surface area contributed by atoms with E-state index >= 15 is 0 Å². The van der Waals surface area contributed by atoms with E-state index in [1.54, 1.807) is 23.5 Å². The highest BCUT2D eigenvalue weighted by atomic mass is 32.1. The Morgan fingerprint density at radius 2 is 1.82 bits per heavy atom. The van der Waals surface area contributed by atoms with Gasteiger partial charge >= 0.3 is 0 Å². The Balaban J connectivity index is 0.732. The van der Waals surface area contributed by atoms with Crippen LogP contribution in [0.4, 0.5) is 11.5 Å². The molecule has 17 heteroatoms. The molecule has 3 fully saturated rings. The van der Waals surface area contributed by atoms with E-state index in [1.165, 1.54) is 4.90 Å². The van der Waals surface area contributed by atoms with E-state index in [-0.39, 0.29) is 48.0 Å². The van der Waals surface area contributed by atoms with Crippen molar-refractivity contribution in [2.45, 2.75) is 83.5 Å². The first-order chi connectivity index (χ1) is 31.8. The fourth-order valence-corrected chi connectivity index (χ4v) is 11.1. The number of aromatic nitrogens is 4. The summed E-state index contributed by atoms with van der Waals surface area (Å²) in [4.78, 5) is 42.4. The van der Waals surface area contributed by atoms with Crippen LogP contribution in [0.2, 0.25) is 0 Å².